The molecular formula is C7H12N2O. The summed E-state index contributed by atoms with van der Waals surface area (Å²) in [7, 11) is 0. The highest BCUT2D eigenvalue weighted by Crippen LogP contribution is 2.07. The molecule has 56 valence electrons. The first-order chi connectivity index (χ1) is 4.83. The number of hydrogen-bond donors (Lipinski definition) is 2. The topological polar surface area (TPSA) is 47.3 Å². The summed E-state index contributed by atoms with van der Waals surface area (Å²) >= 11 is 0. The van der Waals surface area contributed by atoms with Gasteiger partial charge >= 0.3 is 0 Å². The molecule has 0 spiro atoms. The molecule has 10 heavy (non-hydrogen) atoms. The fraction of sp³-hybridized carbons (Fsp3) is 0.429. The average molecular weight is 140 g/mol. The fourth-order valence-electron chi connectivity index (χ4n) is 0.749. The van der Waals surface area contributed by atoms with E-state index in [1.165, 1.54) is 5.57 Å². The Hall–Kier alpha value is -0.800. The van der Waals surface area contributed by atoms with Gasteiger partial charge in [-0.15, -0.1) is 0 Å². The zero-order valence-electron chi connectivity index (χ0n) is 6.05. The van der Waals surface area contributed by atoms with Crippen LogP contribution >= 0.6 is 0 Å². The van der Waals surface area contributed by atoms with Gasteiger partial charge in [-0.2, -0.15) is 0 Å². The smallest absolute Gasteiger partial charge is 0.112 e. The maximum absolute atomic E-state index is 5.28. The second kappa shape index (κ2) is 3.39. The predicted octanol–water partition coefficient (Wildman–Crippen LogP) is 0.310. The summed E-state index contributed by atoms with van der Waals surface area (Å²) in [6.45, 7) is 3.32. The molecule has 0 aromatic carbocycles. The lowest BCUT2D eigenvalue weighted by molar-refractivity contribution is 0.226. The molecule has 0 saturated heterocycles. The van der Waals surface area contributed by atoms with E-state index in [4.69, 9.17) is 10.6 Å². The number of nitrogens with one attached hydrogen (secondary N) is 1. The lowest BCUT2D eigenvalue weighted by atomic mass is 10.2. The van der Waals surface area contributed by atoms with Gasteiger partial charge in [-0.05, 0) is 18.6 Å². The van der Waals surface area contributed by atoms with Crippen LogP contribution in [0.4, 0.5) is 0 Å². The van der Waals surface area contributed by atoms with Crippen LogP contribution in [-0.2, 0) is 4.74 Å². The van der Waals surface area contributed by atoms with E-state index in [2.05, 4.69) is 5.43 Å². The molecule has 0 aromatic rings. The van der Waals surface area contributed by atoms with E-state index in [0.717, 1.165) is 5.76 Å². The number of nitrogens with two attached hydrogens (primary N) is 1. The monoisotopic (exact) mass is 140 g/mol. The lowest BCUT2D eigenvalue weighted by Crippen LogP contribution is -2.25. The number of hydrazine groups is 1. The normalized spacial score (nSPS) is 17.4. The van der Waals surface area contributed by atoms with Crippen LogP contribution in [0.15, 0.2) is 23.5 Å². The highest BCUT2D eigenvalue weighted by atomic mass is 16.5. The summed E-state index contributed by atoms with van der Waals surface area (Å²) in [5, 5.41) is 0. The van der Waals surface area contributed by atoms with E-state index in [0.29, 0.717) is 13.2 Å². The Morgan fingerprint density at radius 2 is 2.50 bits per heavy atom. The van der Waals surface area contributed by atoms with Crippen LogP contribution in [0.3, 0.4) is 0 Å². The first-order valence-corrected chi connectivity index (χ1v) is 3.25. The first kappa shape index (κ1) is 7.31. The van der Waals surface area contributed by atoms with Gasteiger partial charge in [0, 0.05) is 0 Å². The van der Waals surface area contributed by atoms with Crippen LogP contribution in [0, 0.1) is 0 Å². The van der Waals surface area contributed by atoms with E-state index < -0.39 is 0 Å². The largest absolute Gasteiger partial charge is 0.492 e. The van der Waals surface area contributed by atoms with Crippen molar-refractivity contribution < 1.29 is 4.74 Å². The molecule has 0 saturated carbocycles. The quantitative estimate of drug-likeness (QED) is 0.428. The van der Waals surface area contributed by atoms with Crippen LogP contribution < -0.4 is 11.3 Å². The third-order valence-corrected chi connectivity index (χ3v) is 1.32. The number of rotatable bonds is 2. The third kappa shape index (κ3) is 1.86. The summed E-state index contributed by atoms with van der Waals surface area (Å²) in [6, 6.07) is 0. The molecule has 0 unspecified atom stereocenters. The van der Waals surface area contributed by atoms with Crippen molar-refractivity contribution in [1.29, 1.82) is 0 Å². The van der Waals surface area contributed by atoms with Crippen LogP contribution in [0.5, 0.6) is 0 Å². The van der Waals surface area contributed by atoms with Gasteiger partial charge in [-0.3, -0.25) is 11.3 Å². The molecule has 0 bridgehead atoms. The molecule has 3 nitrogen and oxygen atoms in total. The second-order valence-electron chi connectivity index (χ2n) is 2.32. The number of ether oxygens (including phenoxy) is 1. The zero-order valence-corrected chi connectivity index (χ0v) is 6.05. The molecular weight excluding hydrogens is 128 g/mol. The van der Waals surface area contributed by atoms with Crippen LogP contribution in [0.1, 0.15) is 6.92 Å². The Balaban J connectivity index is 2.47. The van der Waals surface area contributed by atoms with E-state index in [1.54, 1.807) is 0 Å². The lowest BCUT2D eigenvalue weighted by Gasteiger charge is -2.13. The molecule has 1 aliphatic rings. The molecule has 3 heteroatoms. The van der Waals surface area contributed by atoms with Gasteiger partial charge in [0.05, 0.1) is 6.54 Å². The van der Waals surface area contributed by atoms with E-state index in [9.17, 15) is 0 Å². The van der Waals surface area contributed by atoms with Crippen molar-refractivity contribution in [1.82, 2.24) is 5.43 Å². The van der Waals surface area contributed by atoms with Crippen LogP contribution in [0.25, 0.3) is 0 Å². The maximum Gasteiger partial charge on any atom is 0.112 e. The molecule has 0 aromatic heterocycles. The number of allylic oxidation sites excluding steroid dienone is 2. The molecule has 1 heterocycles. The van der Waals surface area contributed by atoms with Gasteiger partial charge in [0.15, 0.2) is 0 Å². The molecule has 3 N–H and O–H groups in total. The molecule has 0 fully saturated rings. The van der Waals surface area contributed by atoms with Crippen molar-refractivity contribution >= 4 is 0 Å². The second-order valence-corrected chi connectivity index (χ2v) is 2.32. The average Bonchev–Trinajstić information content (AvgIpc) is 1.95. The Labute approximate surface area is 60.5 Å². The number of hydrogen-bond acceptors (Lipinski definition) is 3. The van der Waals surface area contributed by atoms with Gasteiger partial charge in [0.1, 0.15) is 12.4 Å². The highest BCUT2D eigenvalue weighted by Gasteiger charge is 2.01. The SMILES string of the molecule is CC1=CC=C(CNN)OC1. The molecule has 1 aliphatic heterocycles. The summed E-state index contributed by atoms with van der Waals surface area (Å²) < 4.78 is 5.28. The summed E-state index contributed by atoms with van der Waals surface area (Å²) in [5.74, 6) is 6.00. The molecule has 1 rings (SSSR count). The summed E-state index contributed by atoms with van der Waals surface area (Å²) in [6.07, 6.45) is 3.97. The molecule has 0 atom stereocenters. The maximum atomic E-state index is 5.28. The van der Waals surface area contributed by atoms with Crippen molar-refractivity contribution in [3.05, 3.63) is 23.5 Å². The highest BCUT2D eigenvalue weighted by molar-refractivity contribution is 5.18. The van der Waals surface area contributed by atoms with Crippen molar-refractivity contribution in [3.8, 4) is 0 Å². The van der Waals surface area contributed by atoms with Crippen molar-refractivity contribution in [3.63, 3.8) is 0 Å². The standard InChI is InChI=1S/C7H12N2O/c1-6-2-3-7(4-9-8)10-5-6/h2-3,9H,4-5,8H2,1H3. The minimum atomic E-state index is 0.601. The van der Waals surface area contributed by atoms with Gasteiger partial charge in [0.25, 0.3) is 0 Å². The van der Waals surface area contributed by atoms with E-state index in [-0.39, 0.29) is 0 Å². The predicted molar refractivity (Wildman–Crippen MR) is 40.0 cm³/mol. The van der Waals surface area contributed by atoms with Crippen LogP contribution in [0.2, 0.25) is 0 Å². The van der Waals surface area contributed by atoms with Gasteiger partial charge < -0.3 is 4.74 Å². The van der Waals surface area contributed by atoms with Gasteiger partial charge in [-0.25, -0.2) is 0 Å². The Kier molecular flexibility index (Phi) is 2.48. The van der Waals surface area contributed by atoms with Crippen molar-refractivity contribution in [2.45, 2.75) is 6.92 Å². The van der Waals surface area contributed by atoms with Crippen molar-refractivity contribution in [2.75, 3.05) is 13.2 Å². The van der Waals surface area contributed by atoms with E-state index in [1.807, 2.05) is 19.1 Å². The van der Waals surface area contributed by atoms with Crippen LogP contribution in [-0.4, -0.2) is 13.2 Å². The Morgan fingerprint density at radius 3 is 3.00 bits per heavy atom. The molecule has 0 aliphatic carbocycles. The van der Waals surface area contributed by atoms with E-state index >= 15 is 0 Å². The van der Waals surface area contributed by atoms with Gasteiger partial charge in [-0.1, -0.05) is 6.08 Å². The third-order valence-electron chi connectivity index (χ3n) is 1.32. The summed E-state index contributed by atoms with van der Waals surface area (Å²) in [4.78, 5) is 0. The first-order valence-electron chi connectivity index (χ1n) is 3.25. The Morgan fingerprint density at radius 1 is 1.70 bits per heavy atom. The minimum Gasteiger partial charge on any atom is -0.492 e. The van der Waals surface area contributed by atoms with Crippen molar-refractivity contribution in [2.24, 2.45) is 5.84 Å². The fourth-order valence-corrected chi connectivity index (χ4v) is 0.749. The zero-order chi connectivity index (χ0) is 7.40. The molecule has 0 radical (unpaired) electrons. The summed E-state index contributed by atoms with van der Waals surface area (Å²) in [5.41, 5.74) is 3.77. The minimum absolute atomic E-state index is 0.601. The Bertz CT molecular complexity index is 168. The van der Waals surface area contributed by atoms with Gasteiger partial charge in [0.2, 0.25) is 0 Å². The molecule has 0 amide bonds.